The van der Waals surface area contributed by atoms with Crippen LogP contribution >= 0.6 is 0 Å². The maximum Gasteiger partial charge on any atom is 0.255 e. The van der Waals surface area contributed by atoms with Gasteiger partial charge in [0.05, 0.1) is 12.7 Å². The number of likely N-dealkylation sites (tertiary alicyclic amines) is 1. The molecule has 1 aliphatic heterocycles. The minimum absolute atomic E-state index is 0.0711. The molecule has 0 saturated carbocycles. The van der Waals surface area contributed by atoms with Crippen LogP contribution in [0.15, 0.2) is 24.3 Å². The van der Waals surface area contributed by atoms with Gasteiger partial charge in [-0.2, -0.15) is 5.26 Å². The summed E-state index contributed by atoms with van der Waals surface area (Å²) >= 11 is 0. The van der Waals surface area contributed by atoms with E-state index in [0.717, 1.165) is 25.7 Å². The molecular formula is C16H20N2O2. The lowest BCUT2D eigenvalue weighted by molar-refractivity contribution is 0.0670. The molecule has 1 unspecified atom stereocenters. The molecule has 0 aliphatic carbocycles. The normalized spacial score (nSPS) is 18.4. The number of carbonyl (C=O) groups excluding carboxylic acids is 1. The Morgan fingerprint density at radius 2 is 2.35 bits per heavy atom. The molecule has 2 rings (SSSR count). The summed E-state index contributed by atoms with van der Waals surface area (Å²) in [5.74, 6) is 0.640. The van der Waals surface area contributed by atoms with Gasteiger partial charge < -0.3 is 9.64 Å². The van der Waals surface area contributed by atoms with Crippen LogP contribution in [-0.2, 0) is 0 Å². The molecule has 0 aromatic heterocycles. The van der Waals surface area contributed by atoms with E-state index in [-0.39, 0.29) is 11.9 Å². The number of nitriles is 1. The molecule has 1 amide bonds. The Morgan fingerprint density at radius 1 is 1.50 bits per heavy atom. The van der Waals surface area contributed by atoms with E-state index in [1.165, 1.54) is 0 Å². The second kappa shape index (κ2) is 6.95. The van der Waals surface area contributed by atoms with E-state index in [0.29, 0.717) is 24.5 Å². The van der Waals surface area contributed by atoms with Crippen molar-refractivity contribution in [2.45, 2.75) is 38.6 Å². The molecule has 1 aliphatic rings. The summed E-state index contributed by atoms with van der Waals surface area (Å²) in [5, 5.41) is 9.16. The fourth-order valence-electron chi connectivity index (χ4n) is 2.41. The largest absolute Gasteiger partial charge is 0.494 e. The Bertz CT molecular complexity index is 507. The van der Waals surface area contributed by atoms with E-state index >= 15 is 0 Å². The van der Waals surface area contributed by atoms with Gasteiger partial charge in [-0.1, -0.05) is 13.0 Å². The molecule has 1 heterocycles. The van der Waals surface area contributed by atoms with Gasteiger partial charge in [-0.25, -0.2) is 0 Å². The van der Waals surface area contributed by atoms with Crippen LogP contribution in [0.3, 0.4) is 0 Å². The van der Waals surface area contributed by atoms with Gasteiger partial charge in [0, 0.05) is 12.1 Å². The van der Waals surface area contributed by atoms with Gasteiger partial charge >= 0.3 is 0 Å². The molecule has 0 radical (unpaired) electrons. The molecule has 0 N–H and O–H groups in total. The SMILES string of the molecule is CCCOc1cccc(C(=O)N2CCCCC2C#N)c1. The zero-order valence-corrected chi connectivity index (χ0v) is 11.8. The Kier molecular flexibility index (Phi) is 5.00. The number of carbonyl (C=O) groups is 1. The maximum absolute atomic E-state index is 12.5. The van der Waals surface area contributed by atoms with Gasteiger partial charge in [-0.15, -0.1) is 0 Å². The minimum Gasteiger partial charge on any atom is -0.494 e. The van der Waals surface area contributed by atoms with Crippen LogP contribution in [0, 0.1) is 11.3 Å². The number of benzene rings is 1. The highest BCUT2D eigenvalue weighted by Crippen LogP contribution is 2.21. The molecule has 0 bridgehead atoms. The first-order valence-corrected chi connectivity index (χ1v) is 7.19. The molecule has 4 heteroatoms. The number of nitrogens with zero attached hydrogens (tertiary/aromatic N) is 2. The summed E-state index contributed by atoms with van der Waals surface area (Å²) in [6, 6.07) is 9.15. The summed E-state index contributed by atoms with van der Waals surface area (Å²) in [5.41, 5.74) is 0.598. The Labute approximate surface area is 120 Å². The van der Waals surface area contributed by atoms with Crippen molar-refractivity contribution < 1.29 is 9.53 Å². The van der Waals surface area contributed by atoms with Gasteiger partial charge in [0.1, 0.15) is 11.8 Å². The quantitative estimate of drug-likeness (QED) is 0.846. The number of piperidine rings is 1. The van der Waals surface area contributed by atoms with Crippen molar-refractivity contribution in [2.75, 3.05) is 13.2 Å². The van der Waals surface area contributed by atoms with Crippen LogP contribution in [0.2, 0.25) is 0 Å². The average molecular weight is 272 g/mol. The third kappa shape index (κ3) is 3.30. The number of rotatable bonds is 4. The Hall–Kier alpha value is -2.02. The van der Waals surface area contributed by atoms with E-state index in [9.17, 15) is 4.79 Å². The first kappa shape index (κ1) is 14.4. The van der Waals surface area contributed by atoms with Crippen molar-refractivity contribution in [1.82, 2.24) is 4.90 Å². The van der Waals surface area contributed by atoms with E-state index in [4.69, 9.17) is 10.00 Å². The predicted octanol–water partition coefficient (Wildman–Crippen LogP) is 2.99. The predicted molar refractivity (Wildman–Crippen MR) is 76.5 cm³/mol. The minimum atomic E-state index is -0.295. The van der Waals surface area contributed by atoms with Crippen molar-refractivity contribution >= 4 is 5.91 Å². The van der Waals surface area contributed by atoms with Gasteiger partial charge in [0.25, 0.3) is 5.91 Å². The Balaban J connectivity index is 2.13. The second-order valence-corrected chi connectivity index (χ2v) is 5.02. The monoisotopic (exact) mass is 272 g/mol. The summed E-state index contributed by atoms with van der Waals surface area (Å²) < 4.78 is 5.55. The smallest absolute Gasteiger partial charge is 0.255 e. The Morgan fingerprint density at radius 3 is 3.10 bits per heavy atom. The average Bonchev–Trinajstić information content (AvgIpc) is 2.52. The first-order valence-electron chi connectivity index (χ1n) is 7.19. The van der Waals surface area contributed by atoms with Crippen LogP contribution in [0.4, 0.5) is 0 Å². The van der Waals surface area contributed by atoms with E-state index in [1.54, 1.807) is 17.0 Å². The topological polar surface area (TPSA) is 53.3 Å². The van der Waals surface area contributed by atoms with Gasteiger partial charge in [-0.3, -0.25) is 4.79 Å². The van der Waals surface area contributed by atoms with E-state index < -0.39 is 0 Å². The zero-order valence-electron chi connectivity index (χ0n) is 11.8. The van der Waals surface area contributed by atoms with Crippen molar-refractivity contribution in [3.05, 3.63) is 29.8 Å². The number of hydrogen-bond acceptors (Lipinski definition) is 3. The van der Waals surface area contributed by atoms with Crippen molar-refractivity contribution in [1.29, 1.82) is 5.26 Å². The first-order chi connectivity index (χ1) is 9.76. The van der Waals surface area contributed by atoms with Crippen molar-refractivity contribution in [3.63, 3.8) is 0 Å². The van der Waals surface area contributed by atoms with Gasteiger partial charge in [0.15, 0.2) is 0 Å². The molecule has 1 saturated heterocycles. The maximum atomic E-state index is 12.5. The number of amides is 1. The van der Waals surface area contributed by atoms with Crippen molar-refractivity contribution in [3.8, 4) is 11.8 Å². The third-order valence-electron chi connectivity index (χ3n) is 3.47. The molecule has 20 heavy (non-hydrogen) atoms. The molecule has 1 atom stereocenters. The van der Waals surface area contributed by atoms with Crippen molar-refractivity contribution in [2.24, 2.45) is 0 Å². The van der Waals surface area contributed by atoms with Crippen LogP contribution in [0.1, 0.15) is 43.0 Å². The zero-order chi connectivity index (χ0) is 14.4. The summed E-state index contributed by atoms with van der Waals surface area (Å²) in [7, 11) is 0. The van der Waals surface area contributed by atoms with E-state index in [2.05, 4.69) is 6.07 Å². The van der Waals surface area contributed by atoms with E-state index in [1.807, 2.05) is 19.1 Å². The standard InChI is InChI=1S/C16H20N2O2/c1-2-10-20-15-8-5-6-13(11-15)16(19)18-9-4-3-7-14(18)12-17/h5-6,8,11,14H,2-4,7,9-10H2,1H3. The molecule has 1 aromatic carbocycles. The fourth-order valence-corrected chi connectivity index (χ4v) is 2.41. The van der Waals surface area contributed by atoms with Crippen LogP contribution in [-0.4, -0.2) is 30.0 Å². The van der Waals surface area contributed by atoms with Crippen LogP contribution in [0.25, 0.3) is 0 Å². The molecule has 1 fully saturated rings. The fraction of sp³-hybridized carbons (Fsp3) is 0.500. The van der Waals surface area contributed by atoms with Gasteiger partial charge in [0.2, 0.25) is 0 Å². The summed E-state index contributed by atoms with van der Waals surface area (Å²) in [6.45, 7) is 3.35. The lowest BCUT2D eigenvalue weighted by Gasteiger charge is -2.31. The molecule has 106 valence electrons. The number of ether oxygens (including phenoxy) is 1. The molecular weight excluding hydrogens is 252 g/mol. The second-order valence-electron chi connectivity index (χ2n) is 5.02. The highest BCUT2D eigenvalue weighted by Gasteiger charge is 2.27. The highest BCUT2D eigenvalue weighted by atomic mass is 16.5. The molecule has 0 spiro atoms. The molecule has 4 nitrogen and oxygen atoms in total. The van der Waals surface area contributed by atoms with Crippen LogP contribution in [0.5, 0.6) is 5.75 Å². The lowest BCUT2D eigenvalue weighted by atomic mass is 10.0. The third-order valence-corrected chi connectivity index (χ3v) is 3.47. The van der Waals surface area contributed by atoms with Crippen LogP contribution < -0.4 is 4.74 Å². The summed E-state index contributed by atoms with van der Waals surface area (Å²) in [4.78, 5) is 14.2. The molecule has 1 aromatic rings. The summed E-state index contributed by atoms with van der Waals surface area (Å²) in [6.07, 6.45) is 3.69. The highest BCUT2D eigenvalue weighted by molar-refractivity contribution is 5.95. The number of hydrogen-bond donors (Lipinski definition) is 0. The lowest BCUT2D eigenvalue weighted by Crippen LogP contribution is -2.42. The van der Waals surface area contributed by atoms with Gasteiger partial charge in [-0.05, 0) is 43.9 Å².